The zero-order valence-corrected chi connectivity index (χ0v) is 14.0. The van der Waals surface area contributed by atoms with Crippen LogP contribution in [-0.4, -0.2) is 45.7 Å². The molecule has 1 aromatic heterocycles. The van der Waals surface area contributed by atoms with Crippen molar-refractivity contribution in [3.05, 3.63) is 48.0 Å². The lowest BCUT2D eigenvalue weighted by Gasteiger charge is -2.15. The Balaban J connectivity index is 1.66. The van der Waals surface area contributed by atoms with Crippen molar-refractivity contribution in [2.75, 3.05) is 13.7 Å². The number of aliphatic hydroxyl groups is 1. The largest absolute Gasteiger partial charge is 0.493 e. The van der Waals surface area contributed by atoms with Crippen LogP contribution in [0, 0.1) is 0 Å². The van der Waals surface area contributed by atoms with Gasteiger partial charge in [0.15, 0.2) is 17.3 Å². The lowest BCUT2D eigenvalue weighted by atomic mass is 10.1. The molecule has 0 bridgehead atoms. The van der Waals surface area contributed by atoms with Crippen LogP contribution >= 0.6 is 0 Å². The molecule has 0 amide bonds. The second kappa shape index (κ2) is 7.31. The van der Waals surface area contributed by atoms with Gasteiger partial charge >= 0.3 is 0 Å². The van der Waals surface area contributed by atoms with Gasteiger partial charge in [0.05, 0.1) is 19.2 Å². The van der Waals surface area contributed by atoms with Crippen molar-refractivity contribution in [2.45, 2.75) is 19.6 Å². The van der Waals surface area contributed by atoms with E-state index in [0.717, 1.165) is 11.0 Å². The summed E-state index contributed by atoms with van der Waals surface area (Å²) in [5.41, 5.74) is 2.17. The van der Waals surface area contributed by atoms with Crippen molar-refractivity contribution < 1.29 is 19.4 Å². The Morgan fingerprint density at radius 1 is 1.24 bits per heavy atom. The number of hydrogen-bond donors (Lipinski definition) is 1. The molecule has 130 valence electrons. The molecule has 0 fully saturated rings. The highest BCUT2D eigenvalue weighted by atomic mass is 16.5. The molecule has 7 heteroatoms. The molecule has 0 aliphatic rings. The zero-order valence-electron chi connectivity index (χ0n) is 14.0. The number of hydrogen-bond acceptors (Lipinski definition) is 6. The number of fused-ring (bicyclic) bond motifs is 1. The van der Waals surface area contributed by atoms with E-state index < -0.39 is 6.10 Å². The number of aromatic nitrogens is 3. The number of nitrogens with zero attached hydrogens (tertiary/aromatic N) is 3. The fraction of sp³-hybridized carbons (Fsp3) is 0.278. The van der Waals surface area contributed by atoms with Gasteiger partial charge in [0.1, 0.15) is 18.2 Å². The van der Waals surface area contributed by atoms with Gasteiger partial charge in [-0.2, -0.15) is 0 Å². The van der Waals surface area contributed by atoms with E-state index in [1.807, 2.05) is 24.3 Å². The summed E-state index contributed by atoms with van der Waals surface area (Å²) in [7, 11) is 1.50. The van der Waals surface area contributed by atoms with Crippen molar-refractivity contribution in [1.82, 2.24) is 15.0 Å². The predicted molar refractivity (Wildman–Crippen MR) is 92.0 cm³/mol. The maximum Gasteiger partial charge on any atom is 0.161 e. The summed E-state index contributed by atoms with van der Waals surface area (Å²) in [6.45, 7) is 1.81. The fourth-order valence-electron chi connectivity index (χ4n) is 2.50. The maximum atomic E-state index is 11.4. The predicted octanol–water partition coefficient (Wildman–Crippen LogP) is 2.08. The number of ketones is 1. The van der Waals surface area contributed by atoms with Crippen LogP contribution in [0.3, 0.4) is 0 Å². The molecule has 1 N–H and O–H groups in total. The Morgan fingerprint density at radius 3 is 2.80 bits per heavy atom. The van der Waals surface area contributed by atoms with Crippen LogP contribution in [0.4, 0.5) is 0 Å². The Bertz CT molecular complexity index is 891. The third kappa shape index (κ3) is 3.77. The van der Waals surface area contributed by atoms with E-state index in [1.165, 1.54) is 14.0 Å². The Labute approximate surface area is 144 Å². The Kier molecular flexibility index (Phi) is 4.95. The molecule has 0 saturated carbocycles. The van der Waals surface area contributed by atoms with Gasteiger partial charge in [0, 0.05) is 5.56 Å². The number of carbonyl (C=O) groups is 1. The van der Waals surface area contributed by atoms with E-state index in [0.29, 0.717) is 17.1 Å². The first-order valence-corrected chi connectivity index (χ1v) is 7.86. The van der Waals surface area contributed by atoms with E-state index in [2.05, 4.69) is 10.3 Å². The van der Waals surface area contributed by atoms with Gasteiger partial charge < -0.3 is 14.6 Å². The number of rotatable bonds is 7. The molecule has 3 rings (SSSR count). The number of carbonyl (C=O) groups excluding carboxylic acids is 1. The van der Waals surface area contributed by atoms with Gasteiger partial charge in [-0.25, -0.2) is 4.68 Å². The number of methoxy groups -OCH3 is 1. The summed E-state index contributed by atoms with van der Waals surface area (Å²) in [5, 5.41) is 18.3. The molecule has 3 aromatic rings. The standard InChI is InChI=1S/C18H19N3O4/c1-12(22)13-7-8-17(18(9-13)24-2)25-11-14(23)10-21-16-6-4-3-5-15(16)19-20-21/h3-9,14,23H,10-11H2,1-2H3. The van der Waals surface area contributed by atoms with Crippen LogP contribution in [0.5, 0.6) is 11.5 Å². The maximum absolute atomic E-state index is 11.4. The van der Waals surface area contributed by atoms with Crippen molar-refractivity contribution in [2.24, 2.45) is 0 Å². The minimum absolute atomic E-state index is 0.0528. The Hall–Kier alpha value is -2.93. The van der Waals surface area contributed by atoms with E-state index >= 15 is 0 Å². The van der Waals surface area contributed by atoms with E-state index in [4.69, 9.17) is 9.47 Å². The first-order valence-electron chi connectivity index (χ1n) is 7.86. The number of aliphatic hydroxyl groups excluding tert-OH is 1. The highest BCUT2D eigenvalue weighted by molar-refractivity contribution is 5.94. The van der Waals surface area contributed by atoms with Crippen molar-refractivity contribution in [3.63, 3.8) is 0 Å². The number of ether oxygens (including phenoxy) is 2. The normalized spacial score (nSPS) is 12.1. The van der Waals surface area contributed by atoms with Gasteiger partial charge in [-0.1, -0.05) is 17.3 Å². The van der Waals surface area contributed by atoms with Crippen LogP contribution < -0.4 is 9.47 Å². The van der Waals surface area contributed by atoms with Crippen molar-refractivity contribution in [1.29, 1.82) is 0 Å². The highest BCUT2D eigenvalue weighted by Gasteiger charge is 2.13. The zero-order chi connectivity index (χ0) is 17.8. The average molecular weight is 341 g/mol. The first-order chi connectivity index (χ1) is 12.1. The lowest BCUT2D eigenvalue weighted by Crippen LogP contribution is -2.24. The summed E-state index contributed by atoms with van der Waals surface area (Å²) >= 11 is 0. The molecule has 0 spiro atoms. The molecule has 7 nitrogen and oxygen atoms in total. The third-order valence-corrected chi connectivity index (χ3v) is 3.81. The summed E-state index contributed by atoms with van der Waals surface area (Å²) in [6, 6.07) is 12.5. The quantitative estimate of drug-likeness (QED) is 0.662. The topological polar surface area (TPSA) is 86.5 Å². The highest BCUT2D eigenvalue weighted by Crippen LogP contribution is 2.28. The van der Waals surface area contributed by atoms with Gasteiger partial charge in [0.2, 0.25) is 0 Å². The molecule has 0 saturated heterocycles. The molecule has 25 heavy (non-hydrogen) atoms. The van der Waals surface area contributed by atoms with Crippen LogP contribution in [0.2, 0.25) is 0 Å². The smallest absolute Gasteiger partial charge is 0.161 e. The van der Waals surface area contributed by atoms with E-state index in [-0.39, 0.29) is 18.9 Å². The SMILES string of the molecule is COc1cc(C(C)=O)ccc1OCC(O)Cn1nnc2ccccc21. The van der Waals surface area contributed by atoms with Crippen molar-refractivity contribution in [3.8, 4) is 11.5 Å². The van der Waals surface area contributed by atoms with Crippen molar-refractivity contribution >= 4 is 16.8 Å². The summed E-state index contributed by atoms with van der Waals surface area (Å²) in [6.07, 6.45) is -0.776. The summed E-state index contributed by atoms with van der Waals surface area (Å²) in [4.78, 5) is 11.4. The molecule has 0 aliphatic carbocycles. The minimum atomic E-state index is -0.776. The molecule has 1 atom stereocenters. The average Bonchev–Trinajstić information content (AvgIpc) is 3.02. The minimum Gasteiger partial charge on any atom is -0.493 e. The van der Waals surface area contributed by atoms with Crippen LogP contribution in [0.1, 0.15) is 17.3 Å². The van der Waals surface area contributed by atoms with Gasteiger partial charge in [-0.05, 0) is 37.3 Å². The second-order valence-corrected chi connectivity index (χ2v) is 5.65. The molecular weight excluding hydrogens is 322 g/mol. The number of para-hydroxylation sites is 1. The van der Waals surface area contributed by atoms with Crippen LogP contribution in [0.15, 0.2) is 42.5 Å². The summed E-state index contributed by atoms with van der Waals surface area (Å²) < 4.78 is 12.5. The molecule has 0 radical (unpaired) electrons. The summed E-state index contributed by atoms with van der Waals surface area (Å²) in [5.74, 6) is 0.865. The lowest BCUT2D eigenvalue weighted by molar-refractivity contribution is 0.0884. The third-order valence-electron chi connectivity index (χ3n) is 3.81. The number of benzene rings is 2. The van der Waals surface area contributed by atoms with Crippen LogP contribution in [0.25, 0.3) is 11.0 Å². The second-order valence-electron chi connectivity index (χ2n) is 5.65. The van der Waals surface area contributed by atoms with Gasteiger partial charge in [-0.3, -0.25) is 4.79 Å². The molecule has 1 heterocycles. The number of Topliss-reactive ketones (excluding diaryl/α,β-unsaturated/α-hetero) is 1. The Morgan fingerprint density at radius 2 is 2.04 bits per heavy atom. The van der Waals surface area contributed by atoms with Crippen LogP contribution in [-0.2, 0) is 6.54 Å². The molecule has 1 unspecified atom stereocenters. The molecule has 0 aliphatic heterocycles. The first kappa shape index (κ1) is 16.9. The van der Waals surface area contributed by atoms with E-state index in [1.54, 1.807) is 22.9 Å². The molecule has 2 aromatic carbocycles. The van der Waals surface area contributed by atoms with Gasteiger partial charge in [0.25, 0.3) is 0 Å². The van der Waals surface area contributed by atoms with Gasteiger partial charge in [-0.15, -0.1) is 5.10 Å². The van der Waals surface area contributed by atoms with E-state index in [9.17, 15) is 9.90 Å². The molecular formula is C18H19N3O4. The fourth-order valence-corrected chi connectivity index (χ4v) is 2.50. The monoisotopic (exact) mass is 341 g/mol.